The van der Waals surface area contributed by atoms with Crippen molar-refractivity contribution in [2.75, 3.05) is 42.3 Å². The number of ether oxygens (including phenoxy) is 1. The molecule has 0 radical (unpaired) electrons. The molecular formula is C26H26N4O3S. The van der Waals surface area contributed by atoms with Gasteiger partial charge in [-0.3, -0.25) is 4.98 Å². The highest BCUT2D eigenvalue weighted by Gasteiger charge is 2.18. The largest absolute Gasteiger partial charge is 0.399 e. The van der Waals surface area contributed by atoms with Gasteiger partial charge in [-0.15, -0.1) is 0 Å². The minimum atomic E-state index is -3.61. The summed E-state index contributed by atoms with van der Waals surface area (Å²) in [7, 11) is -3.61. The molecule has 8 heteroatoms. The van der Waals surface area contributed by atoms with Crippen LogP contribution in [-0.2, 0) is 14.6 Å². The SMILES string of the molecule is Cc1cc(Nc2ccc(S(=O)(=O)c3ccc(N)cc3)cc2)c2cc(N3CCOCC3)ccc2n1. The lowest BCUT2D eigenvalue weighted by molar-refractivity contribution is 0.122. The predicted octanol–water partition coefficient (Wildman–Crippen LogP) is 4.54. The number of anilines is 4. The Hall–Kier alpha value is -3.62. The van der Waals surface area contributed by atoms with Crippen molar-refractivity contribution >= 4 is 43.5 Å². The third-order valence-corrected chi connectivity index (χ3v) is 7.72. The molecule has 174 valence electrons. The number of rotatable bonds is 5. The molecule has 0 amide bonds. The van der Waals surface area contributed by atoms with E-state index in [1.807, 2.05) is 19.1 Å². The number of pyridine rings is 1. The molecule has 4 aromatic rings. The van der Waals surface area contributed by atoms with Crippen molar-refractivity contribution in [3.8, 4) is 0 Å². The second-order valence-electron chi connectivity index (χ2n) is 8.33. The zero-order chi connectivity index (χ0) is 23.7. The molecule has 0 atom stereocenters. The lowest BCUT2D eigenvalue weighted by Crippen LogP contribution is -2.36. The zero-order valence-corrected chi connectivity index (χ0v) is 19.7. The first-order valence-electron chi connectivity index (χ1n) is 11.1. The average molecular weight is 475 g/mol. The summed E-state index contributed by atoms with van der Waals surface area (Å²) < 4.78 is 31.4. The van der Waals surface area contributed by atoms with Gasteiger partial charge < -0.3 is 20.7 Å². The molecule has 5 rings (SSSR count). The third-order valence-electron chi connectivity index (χ3n) is 5.93. The number of benzene rings is 3. The summed E-state index contributed by atoms with van der Waals surface area (Å²) in [5, 5.41) is 4.46. The van der Waals surface area contributed by atoms with E-state index < -0.39 is 9.84 Å². The van der Waals surface area contributed by atoms with Crippen LogP contribution in [0.3, 0.4) is 0 Å². The van der Waals surface area contributed by atoms with Crippen LogP contribution in [0.25, 0.3) is 10.9 Å². The van der Waals surface area contributed by atoms with E-state index in [2.05, 4.69) is 27.3 Å². The number of fused-ring (bicyclic) bond motifs is 1. The van der Waals surface area contributed by atoms with Crippen molar-refractivity contribution < 1.29 is 13.2 Å². The molecule has 1 aromatic heterocycles. The van der Waals surface area contributed by atoms with Crippen molar-refractivity contribution in [1.82, 2.24) is 4.98 Å². The zero-order valence-electron chi connectivity index (χ0n) is 18.9. The summed E-state index contributed by atoms with van der Waals surface area (Å²) in [5.41, 5.74) is 10.9. The van der Waals surface area contributed by atoms with Crippen LogP contribution in [0.4, 0.5) is 22.7 Å². The second kappa shape index (κ2) is 8.96. The molecule has 2 heterocycles. The fourth-order valence-corrected chi connectivity index (χ4v) is 5.38. The smallest absolute Gasteiger partial charge is 0.206 e. The molecule has 1 aliphatic rings. The van der Waals surface area contributed by atoms with Crippen molar-refractivity contribution in [3.63, 3.8) is 0 Å². The first-order chi connectivity index (χ1) is 16.4. The molecule has 0 unspecified atom stereocenters. The molecular weight excluding hydrogens is 448 g/mol. The molecule has 0 bridgehead atoms. The molecule has 1 aliphatic heterocycles. The number of nitrogens with one attached hydrogen (secondary N) is 1. The highest BCUT2D eigenvalue weighted by Crippen LogP contribution is 2.31. The highest BCUT2D eigenvalue weighted by atomic mass is 32.2. The van der Waals surface area contributed by atoms with Gasteiger partial charge in [-0.1, -0.05) is 0 Å². The van der Waals surface area contributed by atoms with Gasteiger partial charge in [0.15, 0.2) is 0 Å². The van der Waals surface area contributed by atoms with E-state index in [1.54, 1.807) is 36.4 Å². The van der Waals surface area contributed by atoms with Gasteiger partial charge in [-0.2, -0.15) is 0 Å². The number of hydrogen-bond donors (Lipinski definition) is 2. The molecule has 7 nitrogen and oxygen atoms in total. The molecule has 34 heavy (non-hydrogen) atoms. The number of nitrogen functional groups attached to an aromatic ring is 1. The van der Waals surface area contributed by atoms with E-state index in [1.165, 1.54) is 12.1 Å². The van der Waals surface area contributed by atoms with Crippen molar-refractivity contribution in [2.45, 2.75) is 16.7 Å². The molecule has 3 aromatic carbocycles. The molecule has 0 aliphatic carbocycles. The Labute approximate surface area is 199 Å². The van der Waals surface area contributed by atoms with Crippen molar-refractivity contribution in [2.24, 2.45) is 0 Å². The van der Waals surface area contributed by atoms with E-state index in [4.69, 9.17) is 10.5 Å². The quantitative estimate of drug-likeness (QED) is 0.410. The van der Waals surface area contributed by atoms with E-state index in [0.717, 1.165) is 60.0 Å². The standard InChI is InChI=1S/C26H26N4O3S/c1-18-16-26(24-17-21(6-11-25(24)28-18)30-12-14-33-15-13-30)29-20-4-9-23(10-5-20)34(31,32)22-7-2-19(27)3-8-22/h2-11,16-17H,12-15,27H2,1H3,(H,28,29). The second-order valence-corrected chi connectivity index (χ2v) is 10.3. The maximum absolute atomic E-state index is 12.9. The number of aryl methyl sites for hydroxylation is 1. The molecule has 3 N–H and O–H groups in total. The van der Waals surface area contributed by atoms with Crippen LogP contribution in [0.1, 0.15) is 5.69 Å². The first-order valence-corrected chi connectivity index (χ1v) is 12.6. The minimum Gasteiger partial charge on any atom is -0.399 e. The van der Waals surface area contributed by atoms with Crippen LogP contribution in [0.2, 0.25) is 0 Å². The van der Waals surface area contributed by atoms with Crippen LogP contribution in [0.5, 0.6) is 0 Å². The number of sulfone groups is 1. The van der Waals surface area contributed by atoms with Gasteiger partial charge in [0.1, 0.15) is 0 Å². The molecule has 0 spiro atoms. The topological polar surface area (TPSA) is 97.5 Å². The number of morpholine rings is 1. The Kier molecular flexibility index (Phi) is 5.85. The van der Waals surface area contributed by atoms with Crippen molar-refractivity contribution in [3.05, 3.63) is 78.5 Å². The fraction of sp³-hybridized carbons (Fsp3) is 0.192. The number of nitrogens with zero attached hydrogens (tertiary/aromatic N) is 2. The first kappa shape index (κ1) is 22.2. The Morgan fingerprint density at radius 1 is 0.912 bits per heavy atom. The summed E-state index contributed by atoms with van der Waals surface area (Å²) in [5.74, 6) is 0. The van der Waals surface area contributed by atoms with Crippen molar-refractivity contribution in [1.29, 1.82) is 0 Å². The van der Waals surface area contributed by atoms with E-state index in [0.29, 0.717) is 5.69 Å². The average Bonchev–Trinajstić information content (AvgIpc) is 2.85. The van der Waals surface area contributed by atoms with E-state index >= 15 is 0 Å². The normalized spacial score (nSPS) is 14.3. The molecule has 1 fully saturated rings. The van der Waals surface area contributed by atoms with Crippen LogP contribution in [0, 0.1) is 6.92 Å². The van der Waals surface area contributed by atoms with Crippen LogP contribution >= 0.6 is 0 Å². The third kappa shape index (κ3) is 4.42. The minimum absolute atomic E-state index is 0.216. The predicted molar refractivity (Wildman–Crippen MR) is 136 cm³/mol. The van der Waals surface area contributed by atoms with E-state index in [-0.39, 0.29) is 9.79 Å². The van der Waals surface area contributed by atoms with Gasteiger partial charge in [0.05, 0.1) is 28.5 Å². The Balaban J connectivity index is 1.45. The summed E-state index contributed by atoms with van der Waals surface area (Å²) >= 11 is 0. The Bertz CT molecular complexity index is 1430. The monoisotopic (exact) mass is 474 g/mol. The summed E-state index contributed by atoms with van der Waals surface area (Å²) in [6.07, 6.45) is 0. The van der Waals surface area contributed by atoms with Gasteiger partial charge in [-0.25, -0.2) is 8.42 Å². The maximum atomic E-state index is 12.9. The van der Waals surface area contributed by atoms with Gasteiger partial charge in [-0.05, 0) is 79.7 Å². The molecule has 1 saturated heterocycles. The number of hydrogen-bond acceptors (Lipinski definition) is 7. The fourth-order valence-electron chi connectivity index (χ4n) is 4.12. The maximum Gasteiger partial charge on any atom is 0.206 e. The lowest BCUT2D eigenvalue weighted by Gasteiger charge is -2.29. The van der Waals surface area contributed by atoms with Crippen LogP contribution < -0.4 is 16.0 Å². The Morgan fingerprint density at radius 2 is 1.56 bits per heavy atom. The summed E-state index contributed by atoms with van der Waals surface area (Å²) in [4.78, 5) is 7.43. The van der Waals surface area contributed by atoms with Gasteiger partial charge in [0, 0.05) is 46.9 Å². The van der Waals surface area contributed by atoms with Crippen LogP contribution in [-0.4, -0.2) is 39.7 Å². The molecule has 0 saturated carbocycles. The van der Waals surface area contributed by atoms with Gasteiger partial charge in [0.25, 0.3) is 0 Å². The number of aromatic nitrogens is 1. The Morgan fingerprint density at radius 3 is 2.24 bits per heavy atom. The highest BCUT2D eigenvalue weighted by molar-refractivity contribution is 7.91. The van der Waals surface area contributed by atoms with Gasteiger partial charge in [0.2, 0.25) is 9.84 Å². The van der Waals surface area contributed by atoms with Gasteiger partial charge >= 0.3 is 0 Å². The lowest BCUT2D eigenvalue weighted by atomic mass is 10.1. The number of nitrogens with two attached hydrogens (primary N) is 1. The van der Waals surface area contributed by atoms with Crippen LogP contribution in [0.15, 0.2) is 82.6 Å². The van der Waals surface area contributed by atoms with E-state index in [9.17, 15) is 8.42 Å². The summed E-state index contributed by atoms with van der Waals surface area (Å²) in [6.45, 7) is 5.12. The summed E-state index contributed by atoms with van der Waals surface area (Å²) in [6, 6.07) is 21.3.